The number of aliphatic carboxylic acids is 1. The van der Waals surface area contributed by atoms with Crippen LogP contribution >= 0.6 is 11.8 Å². The summed E-state index contributed by atoms with van der Waals surface area (Å²) in [5, 5.41) is 11.1. The number of carboxylic acids is 1. The Balaban J connectivity index is 1.86. The molecule has 9 heteroatoms. The summed E-state index contributed by atoms with van der Waals surface area (Å²) in [6.07, 6.45) is 0.105. The molecule has 0 bridgehead atoms. The fourth-order valence-corrected chi connectivity index (χ4v) is 7.20. The van der Waals surface area contributed by atoms with E-state index in [0.29, 0.717) is 5.75 Å². The SMILES string of the molecule is Cc1ccc(S(=O)(=O)N2[C@H](C(=O)N[C@@H](Cc3ccccc3)C(=O)O)SCC2(C)C)cc1. The number of hydrogen-bond acceptors (Lipinski definition) is 5. The summed E-state index contributed by atoms with van der Waals surface area (Å²) in [5.74, 6) is -1.39. The number of amides is 1. The number of benzene rings is 2. The summed E-state index contributed by atoms with van der Waals surface area (Å²) < 4.78 is 28.0. The van der Waals surface area contributed by atoms with Gasteiger partial charge in [0.2, 0.25) is 15.9 Å². The highest BCUT2D eigenvalue weighted by Gasteiger charge is 2.51. The van der Waals surface area contributed by atoms with E-state index >= 15 is 0 Å². The van der Waals surface area contributed by atoms with Gasteiger partial charge < -0.3 is 10.4 Å². The van der Waals surface area contributed by atoms with Gasteiger partial charge in [0.1, 0.15) is 11.4 Å². The third-order valence-corrected chi connectivity index (χ3v) is 8.94. The molecule has 2 aromatic carbocycles. The first-order valence-electron chi connectivity index (χ1n) is 9.82. The maximum Gasteiger partial charge on any atom is 0.326 e. The quantitative estimate of drug-likeness (QED) is 0.656. The minimum absolute atomic E-state index is 0.102. The number of aryl methyl sites for hydroxylation is 1. The van der Waals surface area contributed by atoms with Crippen molar-refractivity contribution in [3.63, 3.8) is 0 Å². The fraction of sp³-hybridized carbons (Fsp3) is 0.364. The van der Waals surface area contributed by atoms with E-state index in [1.165, 1.54) is 28.2 Å². The lowest BCUT2D eigenvalue weighted by Gasteiger charge is -2.33. The molecule has 1 fully saturated rings. The van der Waals surface area contributed by atoms with Crippen LogP contribution in [-0.4, -0.2) is 52.4 Å². The second-order valence-electron chi connectivity index (χ2n) is 8.18. The normalized spacial score (nSPS) is 19.6. The maximum atomic E-state index is 13.4. The Labute approximate surface area is 186 Å². The first-order chi connectivity index (χ1) is 14.5. The van der Waals surface area contributed by atoms with Crippen LogP contribution in [0.25, 0.3) is 0 Å². The summed E-state index contributed by atoms with van der Waals surface area (Å²) in [6.45, 7) is 5.39. The zero-order chi connectivity index (χ0) is 22.8. The number of thioether (sulfide) groups is 1. The average Bonchev–Trinajstić information content (AvgIpc) is 3.04. The minimum Gasteiger partial charge on any atom is -0.480 e. The molecule has 2 N–H and O–H groups in total. The molecule has 0 saturated carbocycles. The van der Waals surface area contributed by atoms with Gasteiger partial charge in [-0.25, -0.2) is 13.2 Å². The smallest absolute Gasteiger partial charge is 0.326 e. The van der Waals surface area contributed by atoms with Crippen molar-refractivity contribution < 1.29 is 23.1 Å². The van der Waals surface area contributed by atoms with E-state index in [1.54, 1.807) is 50.2 Å². The van der Waals surface area contributed by atoms with Gasteiger partial charge in [-0.1, -0.05) is 48.0 Å². The third kappa shape index (κ3) is 5.11. The molecule has 0 unspecified atom stereocenters. The van der Waals surface area contributed by atoms with Crippen LogP contribution < -0.4 is 5.32 Å². The van der Waals surface area contributed by atoms with Crippen LogP contribution in [0, 0.1) is 6.92 Å². The number of nitrogens with zero attached hydrogens (tertiary/aromatic N) is 1. The molecule has 1 saturated heterocycles. The topological polar surface area (TPSA) is 104 Å². The van der Waals surface area contributed by atoms with Crippen molar-refractivity contribution in [3.05, 3.63) is 65.7 Å². The van der Waals surface area contributed by atoms with Gasteiger partial charge in [0.25, 0.3) is 0 Å². The summed E-state index contributed by atoms with van der Waals surface area (Å²) in [5.41, 5.74) is 0.876. The van der Waals surface area contributed by atoms with Crippen molar-refractivity contribution in [2.45, 2.75) is 49.0 Å². The Morgan fingerprint density at radius 1 is 1.16 bits per heavy atom. The number of carbonyl (C=O) groups is 2. The monoisotopic (exact) mass is 462 g/mol. The van der Waals surface area contributed by atoms with Crippen LogP contribution in [0.4, 0.5) is 0 Å². The molecule has 1 heterocycles. The lowest BCUT2D eigenvalue weighted by Crippen LogP contribution is -2.55. The van der Waals surface area contributed by atoms with E-state index in [4.69, 9.17) is 0 Å². The third-order valence-electron chi connectivity index (χ3n) is 5.10. The average molecular weight is 463 g/mol. The zero-order valence-electron chi connectivity index (χ0n) is 17.6. The molecule has 1 amide bonds. The van der Waals surface area contributed by atoms with Crippen LogP contribution in [0.2, 0.25) is 0 Å². The van der Waals surface area contributed by atoms with Gasteiger partial charge in [-0.15, -0.1) is 11.8 Å². The predicted octanol–water partition coefficient (Wildman–Crippen LogP) is 2.65. The molecule has 0 aliphatic carbocycles. The van der Waals surface area contributed by atoms with Crippen LogP contribution in [0.15, 0.2) is 59.5 Å². The number of carboxylic acid groups (broad SMARTS) is 1. The standard InChI is InChI=1S/C22H26N2O5S2/c1-15-9-11-17(12-10-15)31(28,29)24-20(30-14-22(24,2)3)19(25)23-18(21(26)27)13-16-7-5-4-6-8-16/h4-12,18,20H,13-14H2,1-3H3,(H,23,25)(H,26,27)/t18-,20-/m0/s1. The van der Waals surface area contributed by atoms with Crippen molar-refractivity contribution in [1.82, 2.24) is 9.62 Å². The van der Waals surface area contributed by atoms with Gasteiger partial charge >= 0.3 is 5.97 Å². The van der Waals surface area contributed by atoms with E-state index in [-0.39, 0.29) is 11.3 Å². The molecule has 2 aromatic rings. The van der Waals surface area contributed by atoms with E-state index in [0.717, 1.165) is 11.1 Å². The number of carbonyl (C=O) groups excluding carboxylic acids is 1. The molecular weight excluding hydrogens is 436 g/mol. The van der Waals surface area contributed by atoms with Crippen molar-refractivity contribution in [3.8, 4) is 0 Å². The minimum atomic E-state index is -3.97. The van der Waals surface area contributed by atoms with Crippen molar-refractivity contribution in [1.29, 1.82) is 0 Å². The summed E-state index contributed by atoms with van der Waals surface area (Å²) in [6, 6.07) is 14.3. The van der Waals surface area contributed by atoms with Gasteiger partial charge in [-0.2, -0.15) is 4.31 Å². The highest BCUT2D eigenvalue weighted by Crippen LogP contribution is 2.41. The van der Waals surface area contributed by atoms with Gasteiger partial charge in [0.15, 0.2) is 0 Å². The lowest BCUT2D eigenvalue weighted by atomic mass is 10.1. The number of hydrogen-bond donors (Lipinski definition) is 2. The van der Waals surface area contributed by atoms with E-state index in [1.807, 2.05) is 13.0 Å². The van der Waals surface area contributed by atoms with Crippen LogP contribution in [0.3, 0.4) is 0 Å². The van der Waals surface area contributed by atoms with Crippen LogP contribution in [0.1, 0.15) is 25.0 Å². The fourth-order valence-electron chi connectivity index (χ4n) is 3.48. The maximum absolute atomic E-state index is 13.4. The largest absolute Gasteiger partial charge is 0.480 e. The number of sulfonamides is 1. The highest BCUT2D eigenvalue weighted by molar-refractivity contribution is 8.02. The molecule has 7 nitrogen and oxygen atoms in total. The zero-order valence-corrected chi connectivity index (χ0v) is 19.2. The molecule has 1 aliphatic heterocycles. The summed E-state index contributed by atoms with van der Waals surface area (Å²) in [7, 11) is -3.97. The predicted molar refractivity (Wildman–Crippen MR) is 120 cm³/mol. The first kappa shape index (κ1) is 23.3. The highest BCUT2D eigenvalue weighted by atomic mass is 32.2. The Morgan fingerprint density at radius 2 is 1.77 bits per heavy atom. The van der Waals surface area contributed by atoms with E-state index in [9.17, 15) is 23.1 Å². The Kier molecular flexibility index (Phi) is 6.78. The van der Waals surface area contributed by atoms with Crippen molar-refractivity contribution in [2.75, 3.05) is 5.75 Å². The first-order valence-corrected chi connectivity index (χ1v) is 12.3. The van der Waals surface area contributed by atoms with Gasteiger partial charge in [-0.3, -0.25) is 4.79 Å². The van der Waals surface area contributed by atoms with Crippen molar-refractivity contribution in [2.24, 2.45) is 0 Å². The van der Waals surface area contributed by atoms with Gasteiger partial charge in [0.05, 0.1) is 4.90 Å². The molecule has 0 radical (unpaired) electrons. The Morgan fingerprint density at radius 3 is 2.35 bits per heavy atom. The molecule has 1 aliphatic rings. The number of nitrogens with one attached hydrogen (secondary N) is 1. The second kappa shape index (κ2) is 9.02. The van der Waals surface area contributed by atoms with E-state index in [2.05, 4.69) is 5.32 Å². The van der Waals surface area contributed by atoms with E-state index < -0.39 is 38.9 Å². The Bertz CT molecular complexity index is 1050. The molecule has 31 heavy (non-hydrogen) atoms. The summed E-state index contributed by atoms with van der Waals surface area (Å²) in [4.78, 5) is 24.9. The molecule has 2 atom stereocenters. The molecular formula is C22H26N2O5S2. The van der Waals surface area contributed by atoms with Gasteiger partial charge in [0, 0.05) is 17.7 Å². The van der Waals surface area contributed by atoms with Crippen molar-refractivity contribution >= 4 is 33.7 Å². The molecule has 166 valence electrons. The molecule has 3 rings (SSSR count). The Hall–Kier alpha value is -2.36. The lowest BCUT2D eigenvalue weighted by molar-refractivity contribution is -0.142. The van der Waals surface area contributed by atoms with Gasteiger partial charge in [-0.05, 0) is 38.5 Å². The molecule has 0 aromatic heterocycles. The van der Waals surface area contributed by atoms with Crippen LogP contribution in [0.5, 0.6) is 0 Å². The second-order valence-corrected chi connectivity index (χ2v) is 11.1. The summed E-state index contributed by atoms with van der Waals surface area (Å²) >= 11 is 1.19. The van der Waals surface area contributed by atoms with Crippen LogP contribution in [-0.2, 0) is 26.0 Å². The number of rotatable bonds is 7. The molecule has 0 spiro atoms.